The Labute approximate surface area is 190 Å². The number of rotatable bonds is 6. The summed E-state index contributed by atoms with van der Waals surface area (Å²) in [5.74, 6) is 7.20. The molecule has 0 aliphatic carbocycles. The van der Waals surface area contributed by atoms with Gasteiger partial charge in [-0.2, -0.15) is 0 Å². The Morgan fingerprint density at radius 2 is 2.12 bits per heavy atom. The lowest BCUT2D eigenvalue weighted by Gasteiger charge is -2.21. The van der Waals surface area contributed by atoms with Crippen molar-refractivity contribution in [1.29, 1.82) is 0 Å². The molecule has 3 N–H and O–H groups in total. The van der Waals surface area contributed by atoms with Crippen molar-refractivity contribution in [3.8, 4) is 29.0 Å². The zero-order chi connectivity index (χ0) is 23.2. The van der Waals surface area contributed by atoms with Gasteiger partial charge in [0.15, 0.2) is 0 Å². The van der Waals surface area contributed by atoms with Gasteiger partial charge in [0.25, 0.3) is 5.91 Å². The molecule has 0 bridgehead atoms. The van der Waals surface area contributed by atoms with E-state index in [1.165, 1.54) is 0 Å². The number of amides is 4. The van der Waals surface area contributed by atoms with Crippen molar-refractivity contribution in [2.75, 3.05) is 13.7 Å². The molecule has 1 aromatic heterocycles. The van der Waals surface area contributed by atoms with Gasteiger partial charge in [-0.15, -0.1) is 0 Å². The van der Waals surface area contributed by atoms with E-state index < -0.39 is 12.1 Å². The summed E-state index contributed by atoms with van der Waals surface area (Å²) in [6, 6.07) is 11.4. The van der Waals surface area contributed by atoms with Crippen molar-refractivity contribution >= 4 is 18.3 Å². The van der Waals surface area contributed by atoms with Crippen LogP contribution >= 0.6 is 0 Å². The number of ether oxygens (including phenoxy) is 1. The number of methoxy groups -OCH3 is 1. The summed E-state index contributed by atoms with van der Waals surface area (Å²) in [7, 11) is 1.54. The normalized spacial score (nSPS) is 12.9. The molecule has 2 aromatic carbocycles. The maximum atomic E-state index is 12.9. The first-order valence-corrected chi connectivity index (χ1v) is 10.2. The van der Waals surface area contributed by atoms with Crippen molar-refractivity contribution in [3.63, 3.8) is 0 Å². The smallest absolute Gasteiger partial charge is 0.322 e. The summed E-state index contributed by atoms with van der Waals surface area (Å²) in [5.41, 5.74) is 3.08. The van der Waals surface area contributed by atoms with E-state index in [0.717, 1.165) is 22.5 Å². The molecule has 2 heterocycles. The Bertz CT molecular complexity index is 1230. The lowest BCUT2D eigenvalue weighted by molar-refractivity contribution is -0.108. The third-order valence-corrected chi connectivity index (χ3v) is 5.14. The van der Waals surface area contributed by atoms with E-state index in [9.17, 15) is 14.4 Å². The second kappa shape index (κ2) is 9.70. The molecule has 9 heteroatoms. The molecule has 0 fully saturated rings. The van der Waals surface area contributed by atoms with Crippen molar-refractivity contribution in [2.24, 2.45) is 0 Å². The molecule has 9 nitrogen and oxygen atoms in total. The van der Waals surface area contributed by atoms with Crippen LogP contribution in [0, 0.1) is 11.8 Å². The van der Waals surface area contributed by atoms with E-state index in [1.54, 1.807) is 36.5 Å². The van der Waals surface area contributed by atoms with Crippen LogP contribution in [0.5, 0.6) is 5.75 Å². The molecular weight excluding hydrogens is 422 g/mol. The largest absolute Gasteiger partial charge is 0.497 e. The van der Waals surface area contributed by atoms with Gasteiger partial charge in [0.1, 0.15) is 17.6 Å². The lowest BCUT2D eigenvalue weighted by atomic mass is 10.1. The third-order valence-electron chi connectivity index (χ3n) is 5.14. The van der Waals surface area contributed by atoms with Crippen LogP contribution in [0.3, 0.4) is 0 Å². The van der Waals surface area contributed by atoms with Gasteiger partial charge < -0.3 is 19.9 Å². The highest BCUT2D eigenvalue weighted by Gasteiger charge is 2.29. The molecule has 1 atom stereocenters. The van der Waals surface area contributed by atoms with Crippen molar-refractivity contribution in [2.45, 2.75) is 12.6 Å². The number of carbonyl (C=O) groups excluding carboxylic acids is 3. The summed E-state index contributed by atoms with van der Waals surface area (Å²) in [4.78, 5) is 44.3. The topological polar surface area (TPSA) is 116 Å². The number of hydrogen-bond donors (Lipinski definition) is 3. The highest BCUT2D eigenvalue weighted by atomic mass is 16.5. The Hall–Kier alpha value is -4.58. The van der Waals surface area contributed by atoms with E-state index in [0.29, 0.717) is 17.9 Å². The van der Waals surface area contributed by atoms with E-state index in [2.05, 4.69) is 27.1 Å². The maximum Gasteiger partial charge on any atom is 0.322 e. The second-order valence-corrected chi connectivity index (χ2v) is 7.28. The SMILES string of the molecule is COc1ccc2c(c1)C(=O)N(C[C@@H](C#Cc1ccc(-c3ncc[nH]3)cc1)NC(=O)NC=O)C2. The Kier molecular flexibility index (Phi) is 6.36. The first-order chi connectivity index (χ1) is 16.1. The number of nitrogens with zero attached hydrogens (tertiary/aromatic N) is 2. The van der Waals surface area contributed by atoms with Gasteiger partial charge in [-0.05, 0) is 29.8 Å². The number of H-pyrrole nitrogens is 1. The number of benzene rings is 2. The average Bonchev–Trinajstić information content (AvgIpc) is 3.47. The molecule has 4 amide bonds. The van der Waals surface area contributed by atoms with Crippen molar-refractivity contribution in [1.82, 2.24) is 25.5 Å². The molecule has 0 spiro atoms. The molecule has 0 saturated heterocycles. The van der Waals surface area contributed by atoms with Crippen molar-refractivity contribution < 1.29 is 19.1 Å². The number of fused-ring (bicyclic) bond motifs is 1. The summed E-state index contributed by atoms with van der Waals surface area (Å²) in [5, 5.41) is 4.67. The van der Waals surface area contributed by atoms with Crippen LogP contribution in [0.25, 0.3) is 11.4 Å². The number of imide groups is 1. The number of carbonyl (C=O) groups is 3. The monoisotopic (exact) mass is 443 g/mol. The molecule has 33 heavy (non-hydrogen) atoms. The highest BCUT2D eigenvalue weighted by molar-refractivity contribution is 5.98. The first kappa shape index (κ1) is 21.6. The molecule has 3 aromatic rings. The van der Waals surface area contributed by atoms with E-state index in [-0.39, 0.29) is 18.9 Å². The quantitative estimate of drug-likeness (QED) is 0.398. The number of urea groups is 1. The van der Waals surface area contributed by atoms with Gasteiger partial charge in [-0.1, -0.05) is 30.0 Å². The first-order valence-electron chi connectivity index (χ1n) is 10.2. The number of nitrogens with one attached hydrogen (secondary N) is 3. The fourth-order valence-electron chi connectivity index (χ4n) is 3.52. The van der Waals surface area contributed by atoms with Crippen LogP contribution in [0.15, 0.2) is 54.9 Å². The standard InChI is InChI=1S/C24H21N5O4/c1-33-20-9-7-18-13-29(23(31)21(18)12-20)14-19(28-24(32)27-15-30)8-4-16-2-5-17(6-3-16)22-25-10-11-26-22/h2-3,5-7,9-12,15,19H,13-14H2,1H3,(H,25,26)(H2,27,28,30,32)/t19-/m1/s1. The van der Waals surface area contributed by atoms with Crippen LogP contribution in [0.2, 0.25) is 0 Å². The fourth-order valence-corrected chi connectivity index (χ4v) is 3.52. The third kappa shape index (κ3) is 5.02. The predicted molar refractivity (Wildman–Crippen MR) is 120 cm³/mol. The van der Waals surface area contributed by atoms with Crippen LogP contribution in [0.1, 0.15) is 21.5 Å². The zero-order valence-electron chi connectivity index (χ0n) is 17.8. The van der Waals surface area contributed by atoms with E-state index >= 15 is 0 Å². The van der Waals surface area contributed by atoms with E-state index in [1.807, 2.05) is 35.6 Å². The second-order valence-electron chi connectivity index (χ2n) is 7.28. The molecule has 0 saturated carbocycles. The highest BCUT2D eigenvalue weighted by Crippen LogP contribution is 2.26. The van der Waals surface area contributed by atoms with Crippen LogP contribution in [-0.2, 0) is 11.3 Å². The fraction of sp³-hybridized carbons (Fsp3) is 0.167. The van der Waals surface area contributed by atoms with Gasteiger partial charge in [0.05, 0.1) is 13.7 Å². The molecular formula is C24H21N5O4. The Morgan fingerprint density at radius 3 is 2.82 bits per heavy atom. The maximum absolute atomic E-state index is 12.9. The molecule has 4 rings (SSSR count). The van der Waals surface area contributed by atoms with Crippen LogP contribution in [-0.4, -0.2) is 52.9 Å². The molecule has 1 aliphatic rings. The molecule has 166 valence electrons. The Morgan fingerprint density at radius 1 is 1.30 bits per heavy atom. The van der Waals surface area contributed by atoms with Gasteiger partial charge in [0.2, 0.25) is 6.41 Å². The Balaban J connectivity index is 1.51. The van der Waals surface area contributed by atoms with Crippen LogP contribution < -0.4 is 15.4 Å². The predicted octanol–water partition coefficient (Wildman–Crippen LogP) is 1.92. The molecule has 0 radical (unpaired) electrons. The minimum absolute atomic E-state index is 0.152. The summed E-state index contributed by atoms with van der Waals surface area (Å²) in [6.07, 6.45) is 3.71. The zero-order valence-corrected chi connectivity index (χ0v) is 17.8. The van der Waals surface area contributed by atoms with E-state index in [4.69, 9.17) is 4.74 Å². The minimum Gasteiger partial charge on any atom is -0.497 e. The summed E-state index contributed by atoms with van der Waals surface area (Å²) >= 11 is 0. The van der Waals surface area contributed by atoms with Crippen LogP contribution in [0.4, 0.5) is 4.79 Å². The number of aromatic nitrogens is 2. The van der Waals surface area contributed by atoms with Gasteiger partial charge in [0, 0.05) is 35.6 Å². The van der Waals surface area contributed by atoms with Gasteiger partial charge in [-0.3, -0.25) is 14.9 Å². The van der Waals surface area contributed by atoms with Gasteiger partial charge >= 0.3 is 6.03 Å². The number of aromatic amines is 1. The number of hydrogen-bond acceptors (Lipinski definition) is 5. The molecule has 1 aliphatic heterocycles. The minimum atomic E-state index is -0.699. The molecule has 0 unspecified atom stereocenters. The van der Waals surface area contributed by atoms with Crippen molar-refractivity contribution in [3.05, 3.63) is 71.5 Å². The van der Waals surface area contributed by atoms with Gasteiger partial charge in [-0.25, -0.2) is 9.78 Å². The number of imidazole rings is 1. The summed E-state index contributed by atoms with van der Waals surface area (Å²) in [6.45, 7) is 0.546. The summed E-state index contributed by atoms with van der Waals surface area (Å²) < 4.78 is 5.21. The lowest BCUT2D eigenvalue weighted by Crippen LogP contribution is -2.46. The average molecular weight is 443 g/mol.